The monoisotopic (exact) mass is 360 g/mol. The minimum atomic E-state index is -0.00300. The van der Waals surface area contributed by atoms with Crippen LogP contribution in [0.5, 0.6) is 5.75 Å². The van der Waals surface area contributed by atoms with Crippen molar-refractivity contribution in [1.82, 2.24) is 9.88 Å². The highest BCUT2D eigenvalue weighted by molar-refractivity contribution is 7.09. The molecule has 25 heavy (non-hydrogen) atoms. The second kappa shape index (κ2) is 8.99. The lowest BCUT2D eigenvalue weighted by Gasteiger charge is -2.29. The zero-order valence-corrected chi connectivity index (χ0v) is 16.6. The van der Waals surface area contributed by atoms with E-state index in [0.717, 1.165) is 22.9 Å². The maximum absolute atomic E-state index is 12.5. The summed E-state index contributed by atoms with van der Waals surface area (Å²) in [6, 6.07) is 8.21. The number of carbonyl (C=O) groups is 1. The van der Waals surface area contributed by atoms with Crippen molar-refractivity contribution in [1.29, 1.82) is 0 Å². The van der Waals surface area contributed by atoms with E-state index in [1.165, 1.54) is 5.56 Å². The van der Waals surface area contributed by atoms with Gasteiger partial charge in [-0.15, -0.1) is 11.3 Å². The summed E-state index contributed by atoms with van der Waals surface area (Å²) in [6.45, 7) is 11.1. The fourth-order valence-corrected chi connectivity index (χ4v) is 3.21. The molecule has 0 spiro atoms. The van der Waals surface area contributed by atoms with Gasteiger partial charge in [0.15, 0.2) is 0 Å². The van der Waals surface area contributed by atoms with Crippen LogP contribution in [0.25, 0.3) is 0 Å². The van der Waals surface area contributed by atoms with Crippen LogP contribution in [0.4, 0.5) is 0 Å². The molecule has 0 bridgehead atoms. The first-order valence-corrected chi connectivity index (χ1v) is 9.71. The molecule has 0 aliphatic heterocycles. The van der Waals surface area contributed by atoms with Crippen LogP contribution in [0.15, 0.2) is 29.6 Å². The third-order valence-electron chi connectivity index (χ3n) is 4.18. The molecule has 1 aromatic heterocycles. The van der Waals surface area contributed by atoms with Crippen LogP contribution in [0.3, 0.4) is 0 Å². The highest BCUT2D eigenvalue weighted by Crippen LogP contribution is 2.19. The van der Waals surface area contributed by atoms with Gasteiger partial charge in [-0.25, -0.2) is 4.98 Å². The molecule has 1 heterocycles. The predicted molar refractivity (Wildman–Crippen MR) is 103 cm³/mol. The van der Waals surface area contributed by atoms with E-state index < -0.39 is 0 Å². The molecule has 4 nitrogen and oxygen atoms in total. The molecule has 0 saturated heterocycles. The summed E-state index contributed by atoms with van der Waals surface area (Å²) in [5, 5.41) is 2.95. The average Bonchev–Trinajstić information content (AvgIpc) is 3.04. The Morgan fingerprint density at radius 1 is 1.32 bits per heavy atom. The number of hydrogen-bond acceptors (Lipinski definition) is 4. The Balaban J connectivity index is 2.00. The van der Waals surface area contributed by atoms with Crippen LogP contribution >= 0.6 is 11.3 Å². The topological polar surface area (TPSA) is 42.4 Å². The molecule has 1 atom stereocenters. The van der Waals surface area contributed by atoms with Crippen molar-refractivity contribution < 1.29 is 9.53 Å². The number of hydrogen-bond donors (Lipinski definition) is 0. The van der Waals surface area contributed by atoms with Crippen LogP contribution in [-0.4, -0.2) is 21.8 Å². The number of amides is 1. The molecule has 2 rings (SSSR count). The molecule has 136 valence electrons. The molecule has 0 aliphatic carbocycles. The van der Waals surface area contributed by atoms with Gasteiger partial charge in [0.2, 0.25) is 5.91 Å². The lowest BCUT2D eigenvalue weighted by atomic mass is 10.1. The summed E-state index contributed by atoms with van der Waals surface area (Å²) in [7, 11) is 0. The first-order chi connectivity index (χ1) is 11.9. The second-order valence-electron chi connectivity index (χ2n) is 6.72. The maximum atomic E-state index is 12.5. The molecule has 0 fully saturated rings. The highest BCUT2D eigenvalue weighted by Gasteiger charge is 2.22. The van der Waals surface area contributed by atoms with Gasteiger partial charge in [-0.05, 0) is 38.0 Å². The van der Waals surface area contributed by atoms with Crippen LogP contribution < -0.4 is 4.74 Å². The van der Waals surface area contributed by atoms with Crippen molar-refractivity contribution in [2.75, 3.05) is 0 Å². The minimum Gasteiger partial charge on any atom is -0.486 e. The fourth-order valence-electron chi connectivity index (χ4n) is 2.52. The normalized spacial score (nSPS) is 12.2. The van der Waals surface area contributed by atoms with Crippen LogP contribution in [0.2, 0.25) is 0 Å². The molecule has 0 saturated carbocycles. The maximum Gasteiger partial charge on any atom is 0.225 e. The third kappa shape index (κ3) is 5.56. The van der Waals surface area contributed by atoms with Gasteiger partial charge in [-0.2, -0.15) is 0 Å². The van der Waals surface area contributed by atoms with Gasteiger partial charge < -0.3 is 9.64 Å². The lowest BCUT2D eigenvalue weighted by Crippen LogP contribution is -2.40. The second-order valence-corrected chi connectivity index (χ2v) is 7.66. The van der Waals surface area contributed by atoms with E-state index in [2.05, 4.69) is 18.8 Å². The molecule has 1 aromatic carbocycles. The van der Waals surface area contributed by atoms with Gasteiger partial charge in [0.1, 0.15) is 17.4 Å². The van der Waals surface area contributed by atoms with Crippen molar-refractivity contribution in [2.24, 2.45) is 5.92 Å². The van der Waals surface area contributed by atoms with Crippen molar-refractivity contribution in [3.63, 3.8) is 0 Å². The van der Waals surface area contributed by atoms with Crippen LogP contribution in [-0.2, 0) is 17.9 Å². The van der Waals surface area contributed by atoms with Gasteiger partial charge >= 0.3 is 0 Å². The number of aromatic nitrogens is 1. The Morgan fingerprint density at radius 3 is 2.72 bits per heavy atom. The summed E-state index contributed by atoms with van der Waals surface area (Å²) in [4.78, 5) is 19.1. The zero-order chi connectivity index (χ0) is 18.4. The molecule has 0 aliphatic rings. The van der Waals surface area contributed by atoms with Gasteiger partial charge in [0.05, 0.1) is 12.2 Å². The van der Waals surface area contributed by atoms with E-state index in [9.17, 15) is 4.79 Å². The number of carbonyl (C=O) groups excluding carboxylic acids is 1. The standard InChI is InChI=1S/C20H28N2O2S/c1-6-16(5)22(20(23)14(2)3)11-17-13-25-19(21-17)12-24-18-9-7-8-15(4)10-18/h7-10,13-14,16H,6,11-12H2,1-5H3. The Hall–Kier alpha value is -1.88. The van der Waals surface area contributed by atoms with E-state index in [-0.39, 0.29) is 17.9 Å². The number of ether oxygens (including phenoxy) is 1. The first kappa shape index (κ1) is 19.4. The van der Waals surface area contributed by atoms with Crippen LogP contribution in [0, 0.1) is 12.8 Å². The van der Waals surface area contributed by atoms with Gasteiger partial charge in [0, 0.05) is 17.3 Å². The largest absolute Gasteiger partial charge is 0.486 e. The van der Waals surface area contributed by atoms with Gasteiger partial charge in [0.25, 0.3) is 0 Å². The van der Waals surface area contributed by atoms with E-state index in [1.54, 1.807) is 11.3 Å². The van der Waals surface area contributed by atoms with Gasteiger partial charge in [-0.1, -0.05) is 32.9 Å². The number of thiazole rings is 1. The molecular formula is C20H28N2O2S. The van der Waals surface area contributed by atoms with E-state index in [0.29, 0.717) is 13.2 Å². The summed E-state index contributed by atoms with van der Waals surface area (Å²) < 4.78 is 5.81. The van der Waals surface area contributed by atoms with Crippen molar-refractivity contribution in [3.05, 3.63) is 45.9 Å². The summed E-state index contributed by atoms with van der Waals surface area (Å²) >= 11 is 1.58. The van der Waals surface area contributed by atoms with Gasteiger partial charge in [-0.3, -0.25) is 4.79 Å². The number of rotatable bonds is 8. The van der Waals surface area contributed by atoms with E-state index in [1.807, 2.05) is 55.3 Å². The third-order valence-corrected chi connectivity index (χ3v) is 5.05. The quantitative estimate of drug-likeness (QED) is 0.678. The SMILES string of the molecule is CCC(C)N(Cc1csc(COc2cccc(C)c2)n1)C(=O)C(C)C. The highest BCUT2D eigenvalue weighted by atomic mass is 32.1. The molecule has 1 amide bonds. The number of aryl methyl sites for hydroxylation is 1. The van der Waals surface area contributed by atoms with Crippen molar-refractivity contribution in [3.8, 4) is 5.75 Å². The molecule has 1 unspecified atom stereocenters. The number of nitrogens with zero attached hydrogens (tertiary/aromatic N) is 2. The lowest BCUT2D eigenvalue weighted by molar-refractivity contribution is -0.137. The smallest absolute Gasteiger partial charge is 0.225 e. The molecule has 0 radical (unpaired) electrons. The predicted octanol–water partition coefficient (Wildman–Crippen LogP) is 4.81. The fraction of sp³-hybridized carbons (Fsp3) is 0.500. The Kier molecular flexibility index (Phi) is 7.00. The molecule has 2 aromatic rings. The van der Waals surface area contributed by atoms with Crippen molar-refractivity contribution >= 4 is 17.2 Å². The summed E-state index contributed by atoms with van der Waals surface area (Å²) in [6.07, 6.45) is 0.936. The van der Waals surface area contributed by atoms with Crippen molar-refractivity contribution in [2.45, 2.75) is 60.2 Å². The summed E-state index contributed by atoms with van der Waals surface area (Å²) in [5.74, 6) is 1.03. The Morgan fingerprint density at radius 2 is 2.08 bits per heavy atom. The first-order valence-electron chi connectivity index (χ1n) is 8.84. The molecule has 5 heteroatoms. The summed E-state index contributed by atoms with van der Waals surface area (Å²) in [5.41, 5.74) is 2.11. The number of benzene rings is 1. The average molecular weight is 361 g/mol. The Bertz CT molecular complexity index is 697. The zero-order valence-electron chi connectivity index (χ0n) is 15.8. The van der Waals surface area contributed by atoms with E-state index in [4.69, 9.17) is 4.74 Å². The molecular weight excluding hydrogens is 332 g/mol. The minimum absolute atomic E-state index is 0.00300. The Labute approximate surface area is 154 Å². The molecule has 0 N–H and O–H groups in total. The van der Waals surface area contributed by atoms with E-state index >= 15 is 0 Å². The van der Waals surface area contributed by atoms with Crippen LogP contribution in [0.1, 0.15) is 50.4 Å².